The zero-order valence-corrected chi connectivity index (χ0v) is 17.7. The van der Waals surface area contributed by atoms with Crippen molar-refractivity contribution >= 4 is 46.8 Å². The van der Waals surface area contributed by atoms with E-state index in [2.05, 4.69) is 21.3 Å². The highest BCUT2D eigenvalue weighted by Gasteiger charge is 2.35. The summed E-state index contributed by atoms with van der Waals surface area (Å²) in [6.45, 7) is 1.92. The zero-order chi connectivity index (χ0) is 21.7. The van der Waals surface area contributed by atoms with Crippen molar-refractivity contribution in [1.29, 1.82) is 0 Å². The number of nitrogens with one attached hydrogen (secondary N) is 4. The molecule has 1 saturated heterocycles. The van der Waals surface area contributed by atoms with E-state index in [4.69, 9.17) is 17.3 Å². The van der Waals surface area contributed by atoms with Crippen LogP contribution in [0.3, 0.4) is 0 Å². The first kappa shape index (κ1) is 22.1. The Hall–Kier alpha value is -2.59. The Morgan fingerprint density at radius 1 is 1.20 bits per heavy atom. The van der Waals surface area contributed by atoms with E-state index in [-0.39, 0.29) is 17.6 Å². The molecular weight excluding hydrogens is 426 g/mol. The maximum Gasteiger partial charge on any atom is 0.252 e. The summed E-state index contributed by atoms with van der Waals surface area (Å²) < 4.78 is 0. The Morgan fingerprint density at radius 2 is 1.93 bits per heavy atom. The number of halogens is 1. The Bertz CT molecular complexity index is 940. The van der Waals surface area contributed by atoms with Crippen molar-refractivity contribution in [3.63, 3.8) is 0 Å². The lowest BCUT2D eigenvalue weighted by Crippen LogP contribution is -2.70. The summed E-state index contributed by atoms with van der Waals surface area (Å²) in [5.74, 6) is -0.979. The van der Waals surface area contributed by atoms with Gasteiger partial charge in [-0.15, -0.1) is 11.8 Å². The number of rotatable bonds is 6. The lowest BCUT2D eigenvalue weighted by atomic mass is 10.1. The van der Waals surface area contributed by atoms with Gasteiger partial charge in [-0.05, 0) is 37.3 Å². The minimum absolute atomic E-state index is 0.0809. The first-order chi connectivity index (χ1) is 14.3. The highest BCUT2D eigenvalue weighted by molar-refractivity contribution is 8.00. The van der Waals surface area contributed by atoms with Crippen LogP contribution in [-0.2, 0) is 9.59 Å². The molecular formula is C20H22ClN5O3S. The highest BCUT2D eigenvalue weighted by atomic mass is 35.5. The van der Waals surface area contributed by atoms with Gasteiger partial charge in [-0.3, -0.25) is 19.7 Å². The number of hydrogen-bond acceptors (Lipinski definition) is 6. The van der Waals surface area contributed by atoms with Crippen LogP contribution < -0.4 is 27.0 Å². The number of anilines is 1. The van der Waals surface area contributed by atoms with Crippen LogP contribution in [0.15, 0.2) is 48.5 Å². The van der Waals surface area contributed by atoms with Gasteiger partial charge in [-0.25, -0.2) is 0 Å². The molecule has 0 aliphatic carbocycles. The largest absolute Gasteiger partial charge is 0.338 e. The highest BCUT2D eigenvalue weighted by Crippen LogP contribution is 2.16. The Balaban J connectivity index is 1.49. The maximum atomic E-state index is 12.4. The smallest absolute Gasteiger partial charge is 0.252 e. The number of benzene rings is 2. The fourth-order valence-corrected chi connectivity index (χ4v) is 3.83. The quantitative estimate of drug-likeness (QED) is 0.456. The molecule has 3 rings (SSSR count). The maximum absolute atomic E-state index is 12.4. The first-order valence-electron chi connectivity index (χ1n) is 9.18. The normalized spacial score (nSPS) is 20.9. The third-order valence-corrected chi connectivity index (χ3v) is 5.60. The van der Waals surface area contributed by atoms with Gasteiger partial charge in [0, 0.05) is 16.3 Å². The molecule has 0 bridgehead atoms. The van der Waals surface area contributed by atoms with Crippen LogP contribution in [0.2, 0.25) is 5.02 Å². The summed E-state index contributed by atoms with van der Waals surface area (Å²) >= 11 is 7.07. The van der Waals surface area contributed by atoms with E-state index >= 15 is 0 Å². The minimum atomic E-state index is -0.934. The summed E-state index contributed by atoms with van der Waals surface area (Å²) in [6, 6.07) is 12.9. The molecule has 8 nitrogen and oxygen atoms in total. The minimum Gasteiger partial charge on any atom is -0.338 e. The van der Waals surface area contributed by atoms with Crippen LogP contribution >= 0.6 is 23.4 Å². The van der Waals surface area contributed by atoms with Gasteiger partial charge < -0.3 is 21.7 Å². The van der Waals surface area contributed by atoms with Crippen molar-refractivity contribution in [1.82, 2.24) is 16.0 Å². The van der Waals surface area contributed by atoms with E-state index in [1.807, 2.05) is 19.1 Å². The number of aryl methyl sites for hydroxylation is 1. The molecule has 3 unspecified atom stereocenters. The summed E-state index contributed by atoms with van der Waals surface area (Å²) in [4.78, 5) is 36.9. The summed E-state index contributed by atoms with van der Waals surface area (Å²) in [7, 11) is 0. The molecule has 6 N–H and O–H groups in total. The predicted octanol–water partition coefficient (Wildman–Crippen LogP) is 1.41. The molecule has 0 radical (unpaired) electrons. The second kappa shape index (κ2) is 9.94. The van der Waals surface area contributed by atoms with Crippen molar-refractivity contribution in [2.45, 2.75) is 24.6 Å². The van der Waals surface area contributed by atoms with E-state index < -0.39 is 23.6 Å². The van der Waals surface area contributed by atoms with Gasteiger partial charge in [0.2, 0.25) is 11.8 Å². The van der Waals surface area contributed by atoms with Gasteiger partial charge in [-0.1, -0.05) is 35.4 Å². The van der Waals surface area contributed by atoms with Crippen LogP contribution in [0.5, 0.6) is 0 Å². The average Bonchev–Trinajstić information content (AvgIpc) is 2.69. The van der Waals surface area contributed by atoms with Crippen molar-refractivity contribution in [3.05, 3.63) is 64.7 Å². The molecule has 2 aromatic carbocycles. The third-order valence-electron chi connectivity index (χ3n) is 4.35. The molecule has 30 heavy (non-hydrogen) atoms. The first-order valence-corrected chi connectivity index (χ1v) is 10.6. The number of thioether (sulfide) groups is 1. The van der Waals surface area contributed by atoms with Gasteiger partial charge in [0.25, 0.3) is 5.91 Å². The number of nitrogens with two attached hydrogens (primary N) is 1. The molecule has 1 heterocycles. The summed E-state index contributed by atoms with van der Waals surface area (Å²) in [5, 5.41) is 11.6. The lowest BCUT2D eigenvalue weighted by Gasteiger charge is -2.35. The molecule has 0 saturated carbocycles. The van der Waals surface area contributed by atoms with Crippen LogP contribution in [-0.4, -0.2) is 41.2 Å². The molecule has 1 fully saturated rings. The molecule has 3 atom stereocenters. The van der Waals surface area contributed by atoms with Crippen LogP contribution in [0, 0.1) is 6.92 Å². The fraction of sp³-hybridized carbons (Fsp3) is 0.250. The second-order valence-electron chi connectivity index (χ2n) is 6.77. The molecule has 2 aromatic rings. The Morgan fingerprint density at radius 3 is 2.60 bits per heavy atom. The Kier molecular flexibility index (Phi) is 7.33. The van der Waals surface area contributed by atoms with Crippen LogP contribution in [0.25, 0.3) is 0 Å². The number of amides is 3. The van der Waals surface area contributed by atoms with E-state index in [1.54, 1.807) is 36.4 Å². The zero-order valence-electron chi connectivity index (χ0n) is 16.1. The van der Waals surface area contributed by atoms with E-state index in [1.165, 1.54) is 11.8 Å². The van der Waals surface area contributed by atoms with Crippen molar-refractivity contribution in [2.75, 3.05) is 11.1 Å². The van der Waals surface area contributed by atoms with E-state index in [9.17, 15) is 14.4 Å². The van der Waals surface area contributed by atoms with Gasteiger partial charge in [0.15, 0.2) is 0 Å². The second-order valence-corrected chi connectivity index (χ2v) is 8.30. The topological polar surface area (TPSA) is 125 Å². The average molecular weight is 448 g/mol. The molecule has 1 aliphatic heterocycles. The van der Waals surface area contributed by atoms with Crippen molar-refractivity contribution in [2.24, 2.45) is 5.73 Å². The molecule has 1 aliphatic rings. The van der Waals surface area contributed by atoms with Crippen LogP contribution in [0.4, 0.5) is 5.69 Å². The fourth-order valence-electron chi connectivity index (χ4n) is 2.79. The van der Waals surface area contributed by atoms with Gasteiger partial charge >= 0.3 is 0 Å². The van der Waals surface area contributed by atoms with Gasteiger partial charge in [0.05, 0.1) is 11.9 Å². The standard InChI is InChI=1S/C20H22ClN5O3S/c1-11-5-7-12(8-6-11)18(28)24-16-17(22)25-20(26-19(16)29)30-10-15(27)23-14-4-2-3-13(21)9-14/h2-9,16-17,20,25H,10,22H2,1H3,(H,23,27)(H,24,28)(H,26,29). The molecule has 158 valence electrons. The molecule has 3 amide bonds. The van der Waals surface area contributed by atoms with E-state index in [0.29, 0.717) is 16.3 Å². The van der Waals surface area contributed by atoms with Crippen molar-refractivity contribution < 1.29 is 14.4 Å². The predicted molar refractivity (Wildman–Crippen MR) is 118 cm³/mol. The van der Waals surface area contributed by atoms with Crippen LogP contribution in [0.1, 0.15) is 15.9 Å². The number of hydrogen-bond donors (Lipinski definition) is 5. The monoisotopic (exact) mass is 447 g/mol. The number of carbonyl (C=O) groups excluding carboxylic acids is 3. The molecule has 10 heteroatoms. The van der Waals surface area contributed by atoms with Crippen molar-refractivity contribution in [3.8, 4) is 0 Å². The van der Waals surface area contributed by atoms with Gasteiger partial charge in [-0.2, -0.15) is 0 Å². The Labute approximate surface area is 183 Å². The number of carbonyl (C=O) groups is 3. The molecule has 0 aromatic heterocycles. The lowest BCUT2D eigenvalue weighted by molar-refractivity contribution is -0.125. The third kappa shape index (κ3) is 5.96. The summed E-state index contributed by atoms with van der Waals surface area (Å²) in [6.07, 6.45) is -0.804. The molecule has 0 spiro atoms. The SMILES string of the molecule is Cc1ccc(C(=O)NC2C(=O)NC(SCC(=O)Nc3cccc(Cl)c3)NC2N)cc1. The summed E-state index contributed by atoms with van der Waals surface area (Å²) in [5.41, 5.74) is 7.53. The van der Waals surface area contributed by atoms with E-state index in [0.717, 1.165) is 5.56 Å². The van der Waals surface area contributed by atoms with Gasteiger partial charge in [0.1, 0.15) is 11.5 Å².